The molecule has 0 radical (unpaired) electrons. The second-order valence-electron chi connectivity index (χ2n) is 10.5. The molecule has 2 aromatic carbocycles. The molecule has 11 N–H and O–H groups in total. The number of fused-ring (bicyclic) bond motifs is 1. The normalized spacial score (nSPS) is 31.9. The van der Waals surface area contributed by atoms with Crippen LogP contribution in [0.4, 0.5) is 0 Å². The number of rotatable bonds is 8. The largest absolute Gasteiger partial charge is 0.507 e. The highest BCUT2D eigenvalue weighted by Crippen LogP contribution is 2.45. The smallest absolute Gasteiger partial charge is 0.402 e. The summed E-state index contributed by atoms with van der Waals surface area (Å²) in [6.07, 6.45) is -16.6. The zero-order valence-electron chi connectivity index (χ0n) is 23.4. The minimum Gasteiger partial charge on any atom is -0.507 e. The summed E-state index contributed by atoms with van der Waals surface area (Å²) >= 11 is 0. The summed E-state index contributed by atoms with van der Waals surface area (Å²) in [4.78, 5) is 0. The first kappa shape index (κ1) is 32.6. The quantitative estimate of drug-likeness (QED) is 0.0925. The molecule has 0 amide bonds. The minimum atomic E-state index is -1.85. The van der Waals surface area contributed by atoms with Crippen LogP contribution in [0.3, 0.4) is 0 Å². The van der Waals surface area contributed by atoms with Crippen LogP contribution in [0, 0.1) is 0 Å². The van der Waals surface area contributed by atoms with E-state index in [-0.39, 0.29) is 39.5 Å². The van der Waals surface area contributed by atoms with Crippen molar-refractivity contribution in [3.8, 4) is 45.8 Å². The molecule has 0 aliphatic carbocycles. The Morgan fingerprint density at radius 1 is 0.667 bits per heavy atom. The Labute approximate surface area is 253 Å². The van der Waals surface area contributed by atoms with Crippen molar-refractivity contribution in [1.82, 2.24) is 0 Å². The highest BCUT2D eigenvalue weighted by Gasteiger charge is 2.47. The first-order valence-corrected chi connectivity index (χ1v) is 13.6. The first-order chi connectivity index (χ1) is 21.4. The van der Waals surface area contributed by atoms with Gasteiger partial charge >= 0.3 is 11.3 Å². The predicted molar refractivity (Wildman–Crippen MR) is 146 cm³/mol. The van der Waals surface area contributed by atoms with Crippen LogP contribution in [-0.4, -0.2) is 138 Å². The summed E-state index contributed by atoms with van der Waals surface area (Å²) in [5.41, 5.74) is -0.0688. The van der Waals surface area contributed by atoms with Gasteiger partial charge in [0.15, 0.2) is 11.5 Å². The third-order valence-electron chi connectivity index (χ3n) is 7.52. The van der Waals surface area contributed by atoms with Gasteiger partial charge in [-0.25, -0.2) is 4.42 Å². The van der Waals surface area contributed by atoms with Gasteiger partial charge in [0.1, 0.15) is 65.7 Å². The summed E-state index contributed by atoms with van der Waals surface area (Å²) in [7, 11) is 1.22. The van der Waals surface area contributed by atoms with Crippen molar-refractivity contribution in [3.05, 3.63) is 30.3 Å². The molecule has 17 heteroatoms. The van der Waals surface area contributed by atoms with E-state index in [2.05, 4.69) is 0 Å². The van der Waals surface area contributed by atoms with Gasteiger partial charge < -0.3 is 79.9 Å². The first-order valence-electron chi connectivity index (χ1n) is 13.6. The Balaban J connectivity index is 1.64. The van der Waals surface area contributed by atoms with Gasteiger partial charge in [-0.2, -0.15) is 0 Å². The third kappa shape index (κ3) is 6.10. The lowest BCUT2D eigenvalue weighted by Crippen LogP contribution is -2.60. The number of phenolic OH excluding ortho intramolecular Hbond substituents is 3. The fraction of sp³-hybridized carbons (Fsp3) is 0.464. The number of ether oxygens (including phenoxy) is 5. The van der Waals surface area contributed by atoms with E-state index >= 15 is 0 Å². The van der Waals surface area contributed by atoms with Gasteiger partial charge in [0.05, 0.1) is 32.0 Å². The van der Waals surface area contributed by atoms with Crippen LogP contribution in [0.25, 0.3) is 22.3 Å². The number of benzene rings is 2. The maximum Gasteiger partial charge on any atom is 0.402 e. The third-order valence-corrected chi connectivity index (χ3v) is 7.52. The van der Waals surface area contributed by atoms with Gasteiger partial charge in [-0.3, -0.25) is 0 Å². The maximum absolute atomic E-state index is 10.6. The summed E-state index contributed by atoms with van der Waals surface area (Å²) in [5, 5.41) is 112. The van der Waals surface area contributed by atoms with Gasteiger partial charge in [0, 0.05) is 24.3 Å². The topological polar surface area (TPSA) is 280 Å². The Hall–Kier alpha value is -3.75. The minimum absolute atomic E-state index is 0.0167. The average Bonchev–Trinajstić information content (AvgIpc) is 3.02. The summed E-state index contributed by atoms with van der Waals surface area (Å²) in [6.45, 7) is -1.48. The molecule has 3 heterocycles. The molecule has 2 fully saturated rings. The van der Waals surface area contributed by atoms with E-state index < -0.39 is 91.9 Å². The van der Waals surface area contributed by atoms with Crippen LogP contribution in [0.5, 0.6) is 34.5 Å². The molecule has 0 saturated carbocycles. The molecule has 3 aromatic rings. The zero-order chi connectivity index (χ0) is 32.7. The summed E-state index contributed by atoms with van der Waals surface area (Å²) in [5.74, 6) is -2.52. The molecule has 246 valence electrons. The Kier molecular flexibility index (Phi) is 9.38. The number of methoxy groups -OCH3 is 1. The Morgan fingerprint density at radius 3 is 1.76 bits per heavy atom. The molecule has 2 saturated heterocycles. The lowest BCUT2D eigenvalue weighted by atomic mass is 9.99. The highest BCUT2D eigenvalue weighted by atomic mass is 16.7. The Morgan fingerprint density at radius 2 is 1.22 bits per heavy atom. The van der Waals surface area contributed by atoms with Crippen LogP contribution >= 0.6 is 0 Å². The van der Waals surface area contributed by atoms with Crippen LogP contribution in [0.2, 0.25) is 0 Å². The van der Waals surface area contributed by atoms with E-state index in [0.717, 1.165) is 18.2 Å². The zero-order valence-corrected chi connectivity index (χ0v) is 23.4. The van der Waals surface area contributed by atoms with Gasteiger partial charge in [-0.15, -0.1) is 0 Å². The molecule has 0 spiro atoms. The van der Waals surface area contributed by atoms with E-state index in [9.17, 15) is 56.2 Å². The van der Waals surface area contributed by atoms with Crippen molar-refractivity contribution in [2.24, 2.45) is 0 Å². The van der Waals surface area contributed by atoms with Crippen molar-refractivity contribution in [1.29, 1.82) is 0 Å². The maximum atomic E-state index is 10.6. The van der Waals surface area contributed by atoms with Crippen molar-refractivity contribution in [2.45, 2.75) is 61.4 Å². The van der Waals surface area contributed by atoms with Crippen LogP contribution in [0.1, 0.15) is 0 Å². The summed E-state index contributed by atoms with van der Waals surface area (Å²) in [6, 6.07) is 5.84. The standard InChI is InChI=1S/C28H32O17/c1-40-15-3-9(2-12(32)19(15)33)26-16(43-28-25(39)23(37)21(35)18(8-30)45-28)6-11-13(41-26)4-10(31)5-14(11)42-27-24(38)22(36)20(34)17(7-29)44-27/h2-6,17-18,20-25,27-30,34-39H,7-8H2,1H3,(H2-,31,32,33)/p+1/t17-,18+,20?,21+,22+,23-,24-,25+,27?,28?/m0/s1. The molecule has 3 unspecified atom stereocenters. The van der Waals surface area contributed by atoms with E-state index in [1.54, 1.807) is 0 Å². The highest BCUT2D eigenvalue weighted by molar-refractivity contribution is 5.89. The number of phenols is 3. The van der Waals surface area contributed by atoms with E-state index in [1.165, 1.54) is 19.2 Å². The molecule has 1 aromatic heterocycles. The number of aliphatic hydroxyl groups is 8. The van der Waals surface area contributed by atoms with Crippen LogP contribution < -0.4 is 14.2 Å². The monoisotopic (exact) mass is 641 g/mol. The SMILES string of the molecule is COc1cc(-c2[o+]c3cc(O)cc(OC4O[C@@H](CO)C(O)[C@@H](O)[C@@H]4O)c3cc2OC2O[C@H](CO)[C@@H](O)[C@H](O)[C@H]2O)cc(O)c1O. The van der Waals surface area contributed by atoms with Gasteiger partial charge in [-0.1, -0.05) is 0 Å². The molecule has 5 rings (SSSR count). The number of hydrogen-bond donors (Lipinski definition) is 11. The molecule has 10 atom stereocenters. The van der Waals surface area contributed by atoms with E-state index in [1.807, 2.05) is 0 Å². The molecular formula is C28H33O17+. The van der Waals surface area contributed by atoms with Crippen molar-refractivity contribution < 1.29 is 84.3 Å². The van der Waals surface area contributed by atoms with Crippen molar-refractivity contribution >= 4 is 11.0 Å². The molecule has 17 nitrogen and oxygen atoms in total. The number of aromatic hydroxyl groups is 3. The van der Waals surface area contributed by atoms with Gasteiger partial charge in [-0.05, 0) is 0 Å². The van der Waals surface area contributed by atoms with Crippen LogP contribution in [0.15, 0.2) is 34.7 Å². The van der Waals surface area contributed by atoms with Crippen LogP contribution in [-0.2, 0) is 9.47 Å². The average molecular weight is 642 g/mol. The summed E-state index contributed by atoms with van der Waals surface area (Å²) < 4.78 is 33.6. The lowest BCUT2D eigenvalue weighted by Gasteiger charge is -2.39. The lowest BCUT2D eigenvalue weighted by molar-refractivity contribution is -0.277. The predicted octanol–water partition coefficient (Wildman–Crippen LogP) is -2.14. The van der Waals surface area contributed by atoms with Crippen molar-refractivity contribution in [3.63, 3.8) is 0 Å². The fourth-order valence-electron chi connectivity index (χ4n) is 5.02. The van der Waals surface area contributed by atoms with E-state index in [0.29, 0.717) is 0 Å². The Bertz CT molecular complexity index is 1510. The molecule has 45 heavy (non-hydrogen) atoms. The fourth-order valence-corrected chi connectivity index (χ4v) is 5.02. The number of hydrogen-bond acceptors (Lipinski definition) is 16. The molecule has 2 aliphatic rings. The molecule has 2 aliphatic heterocycles. The van der Waals surface area contributed by atoms with Crippen molar-refractivity contribution in [2.75, 3.05) is 20.3 Å². The number of aliphatic hydroxyl groups excluding tert-OH is 8. The second-order valence-corrected chi connectivity index (χ2v) is 10.5. The molecular weight excluding hydrogens is 608 g/mol. The van der Waals surface area contributed by atoms with Gasteiger partial charge in [0.25, 0.3) is 0 Å². The second kappa shape index (κ2) is 12.9. The van der Waals surface area contributed by atoms with Gasteiger partial charge in [0.2, 0.25) is 24.1 Å². The van der Waals surface area contributed by atoms with E-state index in [4.69, 9.17) is 28.1 Å². The molecule has 0 bridgehead atoms.